The van der Waals surface area contributed by atoms with E-state index in [0.29, 0.717) is 29.5 Å². The van der Waals surface area contributed by atoms with Gasteiger partial charge in [-0.25, -0.2) is 9.97 Å². The molecule has 1 saturated heterocycles. The summed E-state index contributed by atoms with van der Waals surface area (Å²) in [6, 6.07) is 5.24. The second-order valence-corrected chi connectivity index (χ2v) is 9.18. The van der Waals surface area contributed by atoms with Crippen LogP contribution < -0.4 is 9.64 Å². The molecule has 32 heavy (non-hydrogen) atoms. The van der Waals surface area contributed by atoms with Crippen molar-refractivity contribution in [3.63, 3.8) is 0 Å². The summed E-state index contributed by atoms with van der Waals surface area (Å²) in [5, 5.41) is 9.34. The first-order chi connectivity index (χ1) is 15.5. The summed E-state index contributed by atoms with van der Waals surface area (Å²) < 4.78 is 11.0. The number of hydrogen-bond donors (Lipinski definition) is 1. The molecule has 0 amide bonds. The Bertz CT molecular complexity index is 916. The third-order valence-electron chi connectivity index (χ3n) is 6.53. The molecule has 2 aliphatic rings. The molecule has 2 aromatic rings. The second kappa shape index (κ2) is 10.5. The Morgan fingerprint density at radius 1 is 1.25 bits per heavy atom. The number of piperidine rings is 1. The number of anilines is 1. The highest BCUT2D eigenvalue weighted by molar-refractivity contribution is 6.31. The molecule has 2 fully saturated rings. The van der Waals surface area contributed by atoms with Crippen LogP contribution in [0.5, 0.6) is 5.75 Å². The fourth-order valence-electron chi connectivity index (χ4n) is 4.71. The highest BCUT2D eigenvalue weighted by Gasteiger charge is 2.43. The summed E-state index contributed by atoms with van der Waals surface area (Å²) in [6.07, 6.45) is 8.33. The van der Waals surface area contributed by atoms with Crippen LogP contribution in [0, 0.1) is 17.8 Å². The van der Waals surface area contributed by atoms with Gasteiger partial charge in [0, 0.05) is 43.2 Å². The number of rotatable bonds is 10. The summed E-state index contributed by atoms with van der Waals surface area (Å²) in [5.41, 5.74) is 1.60. The molecule has 2 atom stereocenters. The van der Waals surface area contributed by atoms with Crippen molar-refractivity contribution in [1.82, 2.24) is 9.97 Å². The number of ether oxygens (including phenoxy) is 2. The zero-order chi connectivity index (χ0) is 22.5. The zero-order valence-electron chi connectivity index (χ0n) is 18.4. The van der Waals surface area contributed by atoms with Gasteiger partial charge in [0.15, 0.2) is 0 Å². The van der Waals surface area contributed by atoms with Crippen molar-refractivity contribution in [2.24, 2.45) is 17.8 Å². The summed E-state index contributed by atoms with van der Waals surface area (Å²) in [5.74, 6) is 2.93. The van der Waals surface area contributed by atoms with Gasteiger partial charge in [0.1, 0.15) is 5.75 Å². The Balaban J connectivity index is 1.17. The number of nitrogens with zero attached hydrogens (tertiary/aromatic N) is 3. The molecule has 1 aromatic carbocycles. The maximum absolute atomic E-state index is 10.8. The van der Waals surface area contributed by atoms with Crippen LogP contribution in [0.1, 0.15) is 36.8 Å². The van der Waals surface area contributed by atoms with Crippen molar-refractivity contribution < 1.29 is 19.4 Å². The second-order valence-electron chi connectivity index (χ2n) is 8.77. The van der Waals surface area contributed by atoms with E-state index >= 15 is 0 Å². The normalized spacial score (nSPS) is 20.9. The summed E-state index contributed by atoms with van der Waals surface area (Å²) in [4.78, 5) is 22.1. The molecule has 1 aromatic heterocycles. The predicted octanol–water partition coefficient (Wildman–Crippen LogP) is 4.23. The van der Waals surface area contributed by atoms with Gasteiger partial charge in [-0.15, -0.1) is 0 Å². The molecule has 1 aliphatic carbocycles. The lowest BCUT2D eigenvalue weighted by Gasteiger charge is -2.32. The van der Waals surface area contributed by atoms with Crippen LogP contribution in [0.3, 0.4) is 0 Å². The number of carboxylic acids is 1. The minimum atomic E-state index is -0.890. The molecule has 4 rings (SSSR count). The van der Waals surface area contributed by atoms with E-state index in [0.717, 1.165) is 48.8 Å². The van der Waals surface area contributed by atoms with Crippen LogP contribution in [0.25, 0.3) is 0 Å². The predicted molar refractivity (Wildman–Crippen MR) is 122 cm³/mol. The standard InChI is InChI=1S/C24H30ClN3O4/c1-31-15-16-13-26-24(27-14-16)28-7-4-17(5-8-28)21-10-18(21)6-9-32-20-3-2-19(11-23(29)30)22(25)12-20/h2-3,12-14,17-18,21H,4-11,15H2,1H3,(H,29,30). The molecule has 1 N–H and O–H groups in total. The van der Waals surface area contributed by atoms with Crippen LogP contribution in [0.15, 0.2) is 30.6 Å². The minimum Gasteiger partial charge on any atom is -0.494 e. The van der Waals surface area contributed by atoms with E-state index < -0.39 is 5.97 Å². The Hall–Kier alpha value is -2.38. The Morgan fingerprint density at radius 3 is 2.66 bits per heavy atom. The molecule has 0 radical (unpaired) electrons. The van der Waals surface area contributed by atoms with Crippen LogP contribution >= 0.6 is 11.6 Å². The van der Waals surface area contributed by atoms with Crippen molar-refractivity contribution in [2.45, 2.75) is 38.7 Å². The lowest BCUT2D eigenvalue weighted by Crippen LogP contribution is -2.35. The first-order valence-corrected chi connectivity index (χ1v) is 11.6. The summed E-state index contributed by atoms with van der Waals surface area (Å²) in [6.45, 7) is 3.22. The van der Waals surface area contributed by atoms with Gasteiger partial charge in [0.05, 0.1) is 19.6 Å². The molecular weight excluding hydrogens is 430 g/mol. The third kappa shape index (κ3) is 5.90. The summed E-state index contributed by atoms with van der Waals surface area (Å²) in [7, 11) is 1.67. The van der Waals surface area contributed by atoms with E-state index in [1.807, 2.05) is 12.4 Å². The topological polar surface area (TPSA) is 84.8 Å². The van der Waals surface area contributed by atoms with Crippen LogP contribution in [0.2, 0.25) is 5.02 Å². The molecule has 2 unspecified atom stereocenters. The number of carboxylic acid groups (broad SMARTS) is 1. The van der Waals surface area contributed by atoms with Gasteiger partial charge in [-0.2, -0.15) is 0 Å². The van der Waals surface area contributed by atoms with Gasteiger partial charge in [-0.05, 0) is 61.1 Å². The van der Waals surface area contributed by atoms with E-state index in [1.54, 1.807) is 25.3 Å². The van der Waals surface area contributed by atoms with Gasteiger partial charge in [-0.3, -0.25) is 4.79 Å². The van der Waals surface area contributed by atoms with E-state index in [1.165, 1.54) is 19.3 Å². The highest BCUT2D eigenvalue weighted by Crippen LogP contribution is 2.49. The Morgan fingerprint density at radius 2 is 2.00 bits per heavy atom. The fourth-order valence-corrected chi connectivity index (χ4v) is 4.95. The number of hydrogen-bond acceptors (Lipinski definition) is 6. The van der Waals surface area contributed by atoms with Crippen molar-refractivity contribution in [3.05, 3.63) is 46.7 Å². The van der Waals surface area contributed by atoms with E-state index in [-0.39, 0.29) is 6.42 Å². The number of carbonyl (C=O) groups is 1. The van der Waals surface area contributed by atoms with E-state index in [2.05, 4.69) is 14.9 Å². The average Bonchev–Trinajstić information content (AvgIpc) is 3.56. The number of aromatic nitrogens is 2. The quantitative estimate of drug-likeness (QED) is 0.569. The van der Waals surface area contributed by atoms with Gasteiger partial charge >= 0.3 is 5.97 Å². The molecule has 8 heteroatoms. The fraction of sp³-hybridized carbons (Fsp3) is 0.542. The number of benzene rings is 1. The van der Waals surface area contributed by atoms with Crippen molar-refractivity contribution in [1.29, 1.82) is 0 Å². The maximum atomic E-state index is 10.8. The third-order valence-corrected chi connectivity index (χ3v) is 6.88. The molecule has 0 bridgehead atoms. The van der Waals surface area contributed by atoms with Gasteiger partial charge in [-0.1, -0.05) is 17.7 Å². The number of aliphatic carboxylic acids is 1. The number of methoxy groups -OCH3 is 1. The van der Waals surface area contributed by atoms with Gasteiger partial charge in [0.2, 0.25) is 5.95 Å². The molecule has 1 aliphatic heterocycles. The van der Waals surface area contributed by atoms with E-state index in [9.17, 15) is 4.79 Å². The first kappa shape index (κ1) is 22.8. The smallest absolute Gasteiger partial charge is 0.307 e. The van der Waals surface area contributed by atoms with E-state index in [4.69, 9.17) is 26.2 Å². The Labute approximate surface area is 193 Å². The monoisotopic (exact) mass is 459 g/mol. The molecule has 172 valence electrons. The number of halogens is 1. The van der Waals surface area contributed by atoms with Crippen molar-refractivity contribution in [2.75, 3.05) is 31.7 Å². The molecule has 7 nitrogen and oxygen atoms in total. The lowest BCUT2D eigenvalue weighted by molar-refractivity contribution is -0.136. The zero-order valence-corrected chi connectivity index (χ0v) is 19.1. The van der Waals surface area contributed by atoms with Crippen LogP contribution in [0.4, 0.5) is 5.95 Å². The van der Waals surface area contributed by atoms with Crippen LogP contribution in [-0.4, -0.2) is 47.8 Å². The minimum absolute atomic E-state index is 0.0765. The average molecular weight is 460 g/mol. The highest BCUT2D eigenvalue weighted by atomic mass is 35.5. The van der Waals surface area contributed by atoms with Gasteiger partial charge < -0.3 is 19.5 Å². The molecule has 1 saturated carbocycles. The van der Waals surface area contributed by atoms with Crippen LogP contribution in [-0.2, 0) is 22.6 Å². The maximum Gasteiger partial charge on any atom is 0.307 e. The summed E-state index contributed by atoms with van der Waals surface area (Å²) >= 11 is 6.17. The van der Waals surface area contributed by atoms with Crippen molar-refractivity contribution in [3.8, 4) is 5.75 Å². The molecule has 0 spiro atoms. The Kier molecular flexibility index (Phi) is 7.48. The molecular formula is C24H30ClN3O4. The van der Waals surface area contributed by atoms with Crippen molar-refractivity contribution >= 4 is 23.5 Å². The van der Waals surface area contributed by atoms with Gasteiger partial charge in [0.25, 0.3) is 0 Å². The SMILES string of the molecule is COCc1cnc(N2CCC(C3CC3CCOc3ccc(CC(=O)O)c(Cl)c3)CC2)nc1. The lowest BCUT2D eigenvalue weighted by atomic mass is 9.90. The largest absolute Gasteiger partial charge is 0.494 e. The molecule has 2 heterocycles. The first-order valence-electron chi connectivity index (χ1n) is 11.2.